The number of aromatic nitrogens is 1. The van der Waals surface area contributed by atoms with Gasteiger partial charge in [0.2, 0.25) is 0 Å². The molecule has 18 heavy (non-hydrogen) atoms. The fourth-order valence-electron chi connectivity index (χ4n) is 2.46. The Hall–Kier alpha value is -1.32. The summed E-state index contributed by atoms with van der Waals surface area (Å²) in [6.07, 6.45) is 4.21. The number of hydrogen-bond donors (Lipinski definition) is 2. The molecule has 1 aliphatic rings. The Morgan fingerprint density at radius 3 is 3.11 bits per heavy atom. The molecule has 1 aromatic carbocycles. The molecule has 2 heterocycles. The number of hydrogen-bond acceptors (Lipinski definition) is 3. The number of halogens is 1. The molecule has 1 saturated heterocycles. The zero-order valence-electron chi connectivity index (χ0n) is 10.1. The molecule has 0 saturated carbocycles. The Bertz CT molecular complexity index is 550. The number of piperidine rings is 1. The van der Waals surface area contributed by atoms with Crippen molar-refractivity contribution in [1.29, 1.82) is 0 Å². The predicted molar refractivity (Wildman–Crippen MR) is 76.3 cm³/mol. The van der Waals surface area contributed by atoms with Crippen molar-refractivity contribution in [3.05, 3.63) is 35.5 Å². The van der Waals surface area contributed by atoms with Crippen molar-refractivity contribution in [1.82, 2.24) is 10.3 Å². The molecule has 1 atom stereocenters. The molecule has 0 bridgehead atoms. The fraction of sp³-hybridized carbons (Fsp3) is 0.357. The summed E-state index contributed by atoms with van der Waals surface area (Å²) in [4.78, 5) is 4.35. The van der Waals surface area contributed by atoms with Gasteiger partial charge in [-0.25, -0.2) is 0 Å². The molecular formula is C14H16ClN3. The third-order valence-electron chi connectivity index (χ3n) is 3.38. The summed E-state index contributed by atoms with van der Waals surface area (Å²) in [7, 11) is 0. The van der Waals surface area contributed by atoms with Crippen LogP contribution < -0.4 is 10.6 Å². The van der Waals surface area contributed by atoms with Crippen LogP contribution in [0.15, 0.2) is 30.5 Å². The third kappa shape index (κ3) is 2.28. The van der Waals surface area contributed by atoms with Crippen molar-refractivity contribution in [3.63, 3.8) is 0 Å². The molecule has 1 fully saturated rings. The lowest BCUT2D eigenvalue weighted by Crippen LogP contribution is -2.38. The van der Waals surface area contributed by atoms with Crippen LogP contribution in [0.1, 0.15) is 12.8 Å². The molecule has 0 radical (unpaired) electrons. The Balaban J connectivity index is 1.94. The van der Waals surface area contributed by atoms with Crippen molar-refractivity contribution in [3.8, 4) is 0 Å². The average Bonchev–Trinajstić information content (AvgIpc) is 2.44. The number of nitrogens with one attached hydrogen (secondary N) is 2. The van der Waals surface area contributed by atoms with Crippen molar-refractivity contribution < 1.29 is 0 Å². The highest BCUT2D eigenvalue weighted by molar-refractivity contribution is 6.35. The van der Waals surface area contributed by atoms with Crippen LogP contribution >= 0.6 is 11.6 Å². The molecule has 1 aromatic heterocycles. The van der Waals surface area contributed by atoms with E-state index in [9.17, 15) is 0 Å². The second-order valence-electron chi connectivity index (χ2n) is 4.68. The summed E-state index contributed by atoms with van der Waals surface area (Å²) in [6, 6.07) is 8.45. The minimum atomic E-state index is 0.489. The number of anilines is 1. The van der Waals surface area contributed by atoms with Crippen LogP contribution in [0.5, 0.6) is 0 Å². The van der Waals surface area contributed by atoms with E-state index >= 15 is 0 Å². The highest BCUT2D eigenvalue weighted by atomic mass is 35.5. The zero-order valence-corrected chi connectivity index (χ0v) is 10.9. The zero-order chi connectivity index (χ0) is 12.4. The summed E-state index contributed by atoms with van der Waals surface area (Å²) in [5, 5.41) is 8.80. The molecule has 4 heteroatoms. The van der Waals surface area contributed by atoms with Gasteiger partial charge in [-0.3, -0.25) is 4.98 Å². The number of rotatable bonds is 2. The predicted octanol–water partition coefficient (Wildman–Crippen LogP) is 3.05. The normalized spacial score (nSPS) is 19.9. The second kappa shape index (κ2) is 5.12. The van der Waals surface area contributed by atoms with Gasteiger partial charge in [-0.05, 0) is 43.7 Å². The molecule has 3 rings (SSSR count). The molecular weight excluding hydrogens is 246 g/mol. The molecule has 0 spiro atoms. The van der Waals surface area contributed by atoms with Crippen LogP contribution in [0.2, 0.25) is 5.02 Å². The van der Waals surface area contributed by atoms with Crippen LogP contribution in [-0.2, 0) is 0 Å². The first-order chi connectivity index (χ1) is 8.84. The van der Waals surface area contributed by atoms with Gasteiger partial charge in [0.05, 0.1) is 10.5 Å². The molecule has 1 aliphatic heterocycles. The Morgan fingerprint density at radius 2 is 2.28 bits per heavy atom. The molecule has 2 N–H and O–H groups in total. The van der Waals surface area contributed by atoms with Crippen LogP contribution in [0.3, 0.4) is 0 Å². The highest BCUT2D eigenvalue weighted by Crippen LogP contribution is 2.28. The van der Waals surface area contributed by atoms with Gasteiger partial charge in [0.1, 0.15) is 0 Å². The number of pyridine rings is 1. The molecule has 0 amide bonds. The topological polar surface area (TPSA) is 37.0 Å². The first-order valence-corrected chi connectivity index (χ1v) is 6.73. The monoisotopic (exact) mass is 261 g/mol. The standard InChI is InChI=1S/C14H16ClN3/c15-12-5-6-13(11-4-2-8-17-14(11)12)18-10-3-1-7-16-9-10/h2,4-6,8,10,16,18H,1,3,7,9H2. The first-order valence-electron chi connectivity index (χ1n) is 6.35. The molecule has 94 valence electrons. The van der Waals surface area contributed by atoms with Gasteiger partial charge in [0.15, 0.2) is 0 Å². The Kier molecular flexibility index (Phi) is 3.35. The third-order valence-corrected chi connectivity index (χ3v) is 3.68. The van der Waals surface area contributed by atoms with Crippen molar-refractivity contribution >= 4 is 28.2 Å². The fourth-order valence-corrected chi connectivity index (χ4v) is 2.67. The summed E-state index contributed by atoms with van der Waals surface area (Å²) in [5.74, 6) is 0. The van der Waals surface area contributed by atoms with E-state index in [4.69, 9.17) is 11.6 Å². The summed E-state index contributed by atoms with van der Waals surface area (Å²) >= 11 is 6.17. The lowest BCUT2D eigenvalue weighted by Gasteiger charge is -2.25. The first kappa shape index (κ1) is 11.8. The lowest BCUT2D eigenvalue weighted by molar-refractivity contribution is 0.480. The second-order valence-corrected chi connectivity index (χ2v) is 5.09. The summed E-state index contributed by atoms with van der Waals surface area (Å²) in [5.41, 5.74) is 1.99. The van der Waals surface area contributed by atoms with E-state index in [-0.39, 0.29) is 0 Å². The average molecular weight is 262 g/mol. The number of benzene rings is 1. The van der Waals surface area contributed by atoms with Crippen molar-refractivity contribution in [2.75, 3.05) is 18.4 Å². The van der Waals surface area contributed by atoms with E-state index < -0.39 is 0 Å². The van der Waals surface area contributed by atoms with Gasteiger partial charge in [-0.1, -0.05) is 11.6 Å². The molecule has 0 aliphatic carbocycles. The lowest BCUT2D eigenvalue weighted by atomic mass is 10.1. The van der Waals surface area contributed by atoms with Crippen LogP contribution in [0, 0.1) is 0 Å². The summed E-state index contributed by atoms with van der Waals surface area (Å²) in [6.45, 7) is 2.14. The van der Waals surface area contributed by atoms with E-state index in [1.807, 2.05) is 18.2 Å². The smallest absolute Gasteiger partial charge is 0.0908 e. The highest BCUT2D eigenvalue weighted by Gasteiger charge is 2.14. The molecule has 2 aromatic rings. The maximum Gasteiger partial charge on any atom is 0.0908 e. The quantitative estimate of drug-likeness (QED) is 0.873. The van der Waals surface area contributed by atoms with Gasteiger partial charge < -0.3 is 10.6 Å². The van der Waals surface area contributed by atoms with E-state index in [2.05, 4.69) is 21.7 Å². The van der Waals surface area contributed by atoms with E-state index in [1.165, 1.54) is 12.8 Å². The maximum atomic E-state index is 6.17. The van der Waals surface area contributed by atoms with Crippen molar-refractivity contribution in [2.24, 2.45) is 0 Å². The van der Waals surface area contributed by atoms with Gasteiger partial charge in [-0.2, -0.15) is 0 Å². The van der Waals surface area contributed by atoms with Crippen LogP contribution in [0.25, 0.3) is 10.9 Å². The van der Waals surface area contributed by atoms with E-state index in [0.29, 0.717) is 11.1 Å². The van der Waals surface area contributed by atoms with Gasteiger partial charge in [-0.15, -0.1) is 0 Å². The SMILES string of the molecule is Clc1ccc(NC2CCCNC2)c2cccnc12. The van der Waals surface area contributed by atoms with Gasteiger partial charge >= 0.3 is 0 Å². The largest absolute Gasteiger partial charge is 0.380 e. The Labute approximate surface area is 112 Å². The Morgan fingerprint density at radius 1 is 1.33 bits per heavy atom. The molecule has 3 nitrogen and oxygen atoms in total. The number of fused-ring (bicyclic) bond motifs is 1. The number of nitrogens with zero attached hydrogens (tertiary/aromatic N) is 1. The van der Waals surface area contributed by atoms with E-state index in [1.54, 1.807) is 6.20 Å². The van der Waals surface area contributed by atoms with Gasteiger partial charge in [0, 0.05) is 29.9 Å². The van der Waals surface area contributed by atoms with Crippen molar-refractivity contribution in [2.45, 2.75) is 18.9 Å². The van der Waals surface area contributed by atoms with Crippen LogP contribution in [0.4, 0.5) is 5.69 Å². The van der Waals surface area contributed by atoms with Crippen LogP contribution in [-0.4, -0.2) is 24.1 Å². The molecule has 1 unspecified atom stereocenters. The van der Waals surface area contributed by atoms with Gasteiger partial charge in [0.25, 0.3) is 0 Å². The summed E-state index contributed by atoms with van der Waals surface area (Å²) < 4.78 is 0. The minimum absolute atomic E-state index is 0.489. The maximum absolute atomic E-state index is 6.17. The van der Waals surface area contributed by atoms with E-state index in [0.717, 1.165) is 29.7 Å². The minimum Gasteiger partial charge on any atom is -0.380 e.